The second-order valence-electron chi connectivity index (χ2n) is 8.88. The van der Waals surface area contributed by atoms with Gasteiger partial charge in [0.25, 0.3) is 5.91 Å². The lowest BCUT2D eigenvalue weighted by molar-refractivity contribution is -0.242. The molecule has 0 atom stereocenters. The standard InChI is InChI=1S/C25H28F3N3O5S/c1-8-34-12-35-31-21(32)18(17-14(3)9-13(2)10-15(17)4)20(24(31,5)6)36-22(33)16-11-29-23(37-7)30-19(16)25(26,27)28/h9-11H,8,12H2,1-7H3. The van der Waals surface area contributed by atoms with Gasteiger partial charge < -0.3 is 9.47 Å². The van der Waals surface area contributed by atoms with Crippen LogP contribution in [-0.2, 0) is 25.3 Å². The van der Waals surface area contributed by atoms with Crippen LogP contribution in [0.3, 0.4) is 0 Å². The van der Waals surface area contributed by atoms with E-state index in [1.165, 1.54) is 6.26 Å². The average Bonchev–Trinajstić information content (AvgIpc) is 2.98. The Bertz CT molecular complexity index is 1240. The fourth-order valence-corrected chi connectivity index (χ4v) is 4.53. The monoisotopic (exact) mass is 539 g/mol. The molecule has 0 fully saturated rings. The molecule has 2 heterocycles. The molecule has 1 amide bonds. The molecule has 0 N–H and O–H groups in total. The van der Waals surface area contributed by atoms with E-state index in [1.807, 2.05) is 19.1 Å². The number of esters is 1. The predicted octanol–water partition coefficient (Wildman–Crippen LogP) is 5.26. The Morgan fingerprint density at radius 2 is 1.78 bits per heavy atom. The first-order valence-corrected chi connectivity index (χ1v) is 12.5. The maximum atomic E-state index is 13.8. The molecule has 2 aromatic rings. The molecule has 12 heteroatoms. The summed E-state index contributed by atoms with van der Waals surface area (Å²) in [6, 6.07) is 3.71. The molecule has 3 rings (SSSR count). The molecule has 37 heavy (non-hydrogen) atoms. The Hall–Kier alpha value is -2.96. The Balaban J connectivity index is 2.18. The number of hydrogen-bond donors (Lipinski definition) is 0. The lowest BCUT2D eigenvalue weighted by Gasteiger charge is -2.31. The number of carbonyl (C=O) groups excluding carboxylic acids is 2. The summed E-state index contributed by atoms with van der Waals surface area (Å²) in [6.45, 7) is 10.4. The third-order valence-corrected chi connectivity index (χ3v) is 6.28. The number of hydrogen-bond acceptors (Lipinski definition) is 8. The van der Waals surface area contributed by atoms with E-state index in [4.69, 9.17) is 14.3 Å². The SMILES string of the molecule is CCOCON1C(=O)C(c2c(C)cc(C)cc2C)=C(OC(=O)c2cnc(SC)nc2C(F)(F)F)C1(C)C. The lowest BCUT2D eigenvalue weighted by atomic mass is 9.91. The van der Waals surface area contributed by atoms with E-state index in [0.717, 1.165) is 39.7 Å². The van der Waals surface area contributed by atoms with Crippen LogP contribution in [0.5, 0.6) is 0 Å². The Labute approximate surface area is 217 Å². The number of halogens is 3. The van der Waals surface area contributed by atoms with Crippen LogP contribution >= 0.6 is 11.8 Å². The fraction of sp³-hybridized carbons (Fsp3) is 0.440. The van der Waals surface area contributed by atoms with Crippen molar-refractivity contribution >= 4 is 29.2 Å². The zero-order valence-corrected chi connectivity index (χ0v) is 22.4. The average molecular weight is 540 g/mol. The van der Waals surface area contributed by atoms with E-state index in [2.05, 4.69) is 9.97 Å². The third-order valence-electron chi connectivity index (χ3n) is 5.72. The van der Waals surface area contributed by atoms with E-state index >= 15 is 0 Å². The van der Waals surface area contributed by atoms with Gasteiger partial charge in [0.15, 0.2) is 17.6 Å². The van der Waals surface area contributed by atoms with Gasteiger partial charge in [0.1, 0.15) is 16.9 Å². The van der Waals surface area contributed by atoms with E-state index in [1.54, 1.807) is 34.6 Å². The highest BCUT2D eigenvalue weighted by Gasteiger charge is 2.51. The van der Waals surface area contributed by atoms with Crippen LogP contribution in [0.1, 0.15) is 59.1 Å². The summed E-state index contributed by atoms with van der Waals surface area (Å²) >= 11 is 0.901. The van der Waals surface area contributed by atoms with E-state index in [0.29, 0.717) is 12.2 Å². The number of aromatic nitrogens is 2. The number of amides is 1. The highest BCUT2D eigenvalue weighted by atomic mass is 32.2. The quantitative estimate of drug-likeness (QED) is 0.148. The van der Waals surface area contributed by atoms with Gasteiger partial charge in [0.05, 0.1) is 5.57 Å². The van der Waals surface area contributed by atoms with Crippen LogP contribution in [-0.4, -0.2) is 52.1 Å². The van der Waals surface area contributed by atoms with E-state index in [-0.39, 0.29) is 23.3 Å². The molecule has 0 saturated heterocycles. The summed E-state index contributed by atoms with van der Waals surface area (Å²) in [6.07, 6.45) is -2.64. The maximum Gasteiger partial charge on any atom is 0.434 e. The molecule has 0 aliphatic carbocycles. The Kier molecular flexibility index (Phi) is 8.35. The highest BCUT2D eigenvalue weighted by molar-refractivity contribution is 7.98. The maximum absolute atomic E-state index is 13.8. The van der Waals surface area contributed by atoms with Crippen LogP contribution in [0.4, 0.5) is 13.2 Å². The molecule has 0 saturated carbocycles. The molecule has 0 radical (unpaired) electrons. The third kappa shape index (κ3) is 5.65. The van der Waals surface area contributed by atoms with Crippen LogP contribution in [0.2, 0.25) is 0 Å². The van der Waals surface area contributed by atoms with E-state index < -0.39 is 34.8 Å². The largest absolute Gasteiger partial charge is 0.434 e. The predicted molar refractivity (Wildman–Crippen MR) is 130 cm³/mol. The van der Waals surface area contributed by atoms with Crippen LogP contribution in [0.25, 0.3) is 5.57 Å². The zero-order valence-electron chi connectivity index (χ0n) is 21.6. The minimum Gasteiger partial charge on any atom is -0.424 e. The normalized spacial score (nSPS) is 15.5. The zero-order chi connectivity index (χ0) is 27.7. The van der Waals surface area contributed by atoms with E-state index in [9.17, 15) is 22.8 Å². The summed E-state index contributed by atoms with van der Waals surface area (Å²) in [5.41, 5.74) is -0.755. The van der Waals surface area contributed by atoms with Gasteiger partial charge in [0.2, 0.25) is 0 Å². The van der Waals surface area contributed by atoms with Gasteiger partial charge >= 0.3 is 12.1 Å². The van der Waals surface area contributed by atoms with Gasteiger partial charge in [0, 0.05) is 12.8 Å². The first-order valence-electron chi connectivity index (χ1n) is 11.3. The van der Waals surface area contributed by atoms with Gasteiger partial charge in [-0.2, -0.15) is 13.2 Å². The van der Waals surface area contributed by atoms with Crippen molar-refractivity contribution in [2.24, 2.45) is 0 Å². The number of nitrogens with zero attached hydrogens (tertiary/aromatic N) is 3. The molecule has 1 aliphatic heterocycles. The van der Waals surface area contributed by atoms with Gasteiger partial charge in [-0.05, 0) is 64.5 Å². The van der Waals surface area contributed by atoms with Crippen LogP contribution in [0.15, 0.2) is 29.2 Å². The lowest BCUT2D eigenvalue weighted by Crippen LogP contribution is -2.44. The Morgan fingerprint density at radius 1 is 1.16 bits per heavy atom. The number of carbonyl (C=O) groups is 2. The highest BCUT2D eigenvalue weighted by Crippen LogP contribution is 2.43. The summed E-state index contributed by atoms with van der Waals surface area (Å²) in [4.78, 5) is 39.7. The molecule has 8 nitrogen and oxygen atoms in total. The topological polar surface area (TPSA) is 90.8 Å². The number of ether oxygens (including phenoxy) is 2. The smallest absolute Gasteiger partial charge is 0.424 e. The second-order valence-corrected chi connectivity index (χ2v) is 9.66. The van der Waals surface area contributed by atoms with Crippen molar-refractivity contribution in [3.63, 3.8) is 0 Å². The number of rotatable bonds is 8. The number of hydroxylamine groups is 2. The molecule has 200 valence electrons. The first kappa shape index (κ1) is 28.6. The van der Waals surface area contributed by atoms with Gasteiger partial charge in [-0.15, -0.1) is 0 Å². The van der Waals surface area contributed by atoms with Crippen LogP contribution < -0.4 is 0 Å². The number of thioether (sulfide) groups is 1. The Morgan fingerprint density at radius 3 is 2.32 bits per heavy atom. The van der Waals surface area contributed by atoms with Crippen molar-refractivity contribution in [1.29, 1.82) is 0 Å². The molecule has 0 spiro atoms. The van der Waals surface area contributed by atoms with Crippen molar-refractivity contribution < 1.29 is 37.1 Å². The van der Waals surface area contributed by atoms with Crippen LogP contribution in [0, 0.1) is 20.8 Å². The number of aryl methyl sites for hydroxylation is 3. The van der Waals surface area contributed by atoms with Crippen molar-refractivity contribution in [3.05, 3.63) is 57.6 Å². The van der Waals surface area contributed by atoms with Crippen molar-refractivity contribution in [2.45, 2.75) is 58.4 Å². The summed E-state index contributed by atoms with van der Waals surface area (Å²) in [5, 5.41) is 0.860. The molecular formula is C25H28F3N3O5S. The number of benzene rings is 1. The molecule has 0 unspecified atom stereocenters. The van der Waals surface area contributed by atoms with Crippen molar-refractivity contribution in [3.8, 4) is 0 Å². The van der Waals surface area contributed by atoms with Crippen molar-refractivity contribution in [2.75, 3.05) is 19.7 Å². The van der Waals surface area contributed by atoms with Gasteiger partial charge in [-0.1, -0.05) is 29.5 Å². The molecule has 1 aromatic carbocycles. The molecule has 1 aromatic heterocycles. The summed E-state index contributed by atoms with van der Waals surface area (Å²) < 4.78 is 52.1. The summed E-state index contributed by atoms with van der Waals surface area (Å²) in [7, 11) is 0. The minimum absolute atomic E-state index is 0.0139. The number of alkyl halides is 3. The van der Waals surface area contributed by atoms with Crippen molar-refractivity contribution in [1.82, 2.24) is 15.0 Å². The molecule has 0 bridgehead atoms. The van der Waals surface area contributed by atoms with Gasteiger partial charge in [-0.25, -0.2) is 24.7 Å². The first-order chi connectivity index (χ1) is 17.2. The summed E-state index contributed by atoms with van der Waals surface area (Å²) in [5.74, 6) is -2.12. The second kappa shape index (κ2) is 10.8. The van der Waals surface area contributed by atoms with Gasteiger partial charge in [-0.3, -0.25) is 4.79 Å². The molecular weight excluding hydrogens is 511 g/mol. The molecule has 1 aliphatic rings. The minimum atomic E-state index is -4.93. The fourth-order valence-electron chi connectivity index (χ4n) is 4.19.